The number of carbonyl (C=O) groups is 2. The van der Waals surface area contributed by atoms with E-state index in [1.54, 1.807) is 12.1 Å². The minimum absolute atomic E-state index is 0.0143. The van der Waals surface area contributed by atoms with E-state index in [0.717, 1.165) is 24.0 Å². The molecule has 1 unspecified atom stereocenters. The maximum absolute atomic E-state index is 13.0. The zero-order valence-electron chi connectivity index (χ0n) is 14.8. The summed E-state index contributed by atoms with van der Waals surface area (Å²) in [5.74, 6) is -0.695. The minimum atomic E-state index is -0.330. The first-order chi connectivity index (χ1) is 13.1. The molecule has 5 nitrogen and oxygen atoms in total. The van der Waals surface area contributed by atoms with E-state index < -0.39 is 0 Å². The summed E-state index contributed by atoms with van der Waals surface area (Å²) in [6.07, 6.45) is 2.40. The highest BCUT2D eigenvalue weighted by Crippen LogP contribution is 2.30. The molecule has 27 heavy (non-hydrogen) atoms. The molecule has 0 radical (unpaired) electrons. The van der Waals surface area contributed by atoms with E-state index in [1.807, 2.05) is 18.2 Å². The summed E-state index contributed by atoms with van der Waals surface area (Å²) in [6.45, 7) is 0.224. The summed E-state index contributed by atoms with van der Waals surface area (Å²) in [4.78, 5) is 24.8. The van der Waals surface area contributed by atoms with Crippen molar-refractivity contribution in [2.45, 2.75) is 38.3 Å². The van der Waals surface area contributed by atoms with Crippen molar-refractivity contribution in [3.05, 3.63) is 71.0 Å². The molecule has 1 atom stereocenters. The van der Waals surface area contributed by atoms with E-state index in [2.05, 4.69) is 16.5 Å². The fourth-order valence-electron chi connectivity index (χ4n) is 3.60. The predicted octanol–water partition coefficient (Wildman–Crippen LogP) is 3.11. The van der Waals surface area contributed by atoms with Gasteiger partial charge in [-0.3, -0.25) is 9.59 Å². The fourth-order valence-corrected chi connectivity index (χ4v) is 3.60. The second kappa shape index (κ2) is 7.31. The number of carbonyl (C=O) groups excluding carboxylic acids is 2. The van der Waals surface area contributed by atoms with Crippen LogP contribution in [0.3, 0.4) is 0 Å². The normalized spacial score (nSPS) is 18.9. The van der Waals surface area contributed by atoms with Gasteiger partial charge in [-0.2, -0.15) is 5.10 Å². The van der Waals surface area contributed by atoms with Crippen molar-refractivity contribution in [1.29, 1.82) is 0 Å². The number of nitrogens with one attached hydrogen (secondary N) is 1. The molecule has 0 saturated carbocycles. The van der Waals surface area contributed by atoms with E-state index >= 15 is 0 Å². The van der Waals surface area contributed by atoms with E-state index in [0.29, 0.717) is 12.1 Å². The number of amides is 2. The van der Waals surface area contributed by atoms with Crippen molar-refractivity contribution in [2.75, 3.05) is 0 Å². The van der Waals surface area contributed by atoms with Crippen LogP contribution in [-0.2, 0) is 22.6 Å². The number of rotatable bonds is 4. The number of fused-ring (bicyclic) bond motifs is 1. The maximum atomic E-state index is 13.0. The molecule has 1 heterocycles. The first-order valence-corrected chi connectivity index (χ1v) is 9.11. The van der Waals surface area contributed by atoms with Gasteiger partial charge in [-0.15, -0.1) is 0 Å². The number of halogens is 1. The van der Waals surface area contributed by atoms with Crippen LogP contribution in [0, 0.1) is 5.82 Å². The van der Waals surface area contributed by atoms with Gasteiger partial charge in [0.2, 0.25) is 5.91 Å². The monoisotopic (exact) mass is 365 g/mol. The number of hydrogen-bond acceptors (Lipinski definition) is 3. The molecule has 1 aliphatic carbocycles. The number of hydrazone groups is 1. The van der Waals surface area contributed by atoms with Crippen LogP contribution < -0.4 is 5.32 Å². The molecule has 6 heteroatoms. The topological polar surface area (TPSA) is 61.8 Å². The van der Waals surface area contributed by atoms with Crippen LogP contribution in [0.4, 0.5) is 4.39 Å². The molecule has 0 bridgehead atoms. The third-order valence-electron chi connectivity index (χ3n) is 5.05. The van der Waals surface area contributed by atoms with Crippen molar-refractivity contribution < 1.29 is 14.0 Å². The molecule has 2 aliphatic rings. The van der Waals surface area contributed by atoms with Crippen molar-refractivity contribution in [3.8, 4) is 0 Å². The first kappa shape index (κ1) is 17.4. The molecule has 2 aromatic carbocycles. The summed E-state index contributed by atoms with van der Waals surface area (Å²) in [6, 6.07) is 14.0. The van der Waals surface area contributed by atoms with Crippen LogP contribution in [0.25, 0.3) is 0 Å². The maximum Gasteiger partial charge on any atom is 0.267 e. The molecule has 0 saturated heterocycles. The quantitative estimate of drug-likeness (QED) is 0.905. The van der Waals surface area contributed by atoms with Crippen LogP contribution in [0.15, 0.2) is 53.6 Å². The Morgan fingerprint density at radius 3 is 2.70 bits per heavy atom. The number of benzene rings is 2. The molecule has 4 rings (SSSR count). The van der Waals surface area contributed by atoms with E-state index in [4.69, 9.17) is 0 Å². The highest BCUT2D eigenvalue weighted by molar-refractivity contribution is 6.39. The molecule has 0 fully saturated rings. The Bertz CT molecular complexity index is 908. The molecule has 138 valence electrons. The van der Waals surface area contributed by atoms with Crippen molar-refractivity contribution >= 4 is 17.5 Å². The van der Waals surface area contributed by atoms with Gasteiger partial charge in [0.15, 0.2) is 0 Å². The SMILES string of the molecule is O=C(NC1CCc2ccccc21)C1=NN(Cc2ccc(F)cc2)C(=O)CC1. The molecule has 0 aromatic heterocycles. The van der Waals surface area contributed by atoms with Gasteiger partial charge < -0.3 is 5.32 Å². The van der Waals surface area contributed by atoms with Crippen molar-refractivity contribution in [1.82, 2.24) is 10.3 Å². The van der Waals surface area contributed by atoms with Gasteiger partial charge in [-0.05, 0) is 41.7 Å². The highest BCUT2D eigenvalue weighted by Gasteiger charge is 2.28. The van der Waals surface area contributed by atoms with Gasteiger partial charge in [0.1, 0.15) is 11.5 Å². The summed E-state index contributed by atoms with van der Waals surface area (Å²) in [5.41, 5.74) is 3.55. The average molecular weight is 365 g/mol. The van der Waals surface area contributed by atoms with Gasteiger partial charge in [0, 0.05) is 12.8 Å². The van der Waals surface area contributed by atoms with E-state index in [9.17, 15) is 14.0 Å². The lowest BCUT2D eigenvalue weighted by Crippen LogP contribution is -2.39. The first-order valence-electron chi connectivity index (χ1n) is 9.11. The zero-order valence-corrected chi connectivity index (χ0v) is 14.8. The lowest BCUT2D eigenvalue weighted by molar-refractivity contribution is -0.132. The lowest BCUT2D eigenvalue weighted by atomic mass is 10.1. The number of aryl methyl sites for hydroxylation is 1. The third kappa shape index (κ3) is 3.74. The Morgan fingerprint density at radius 1 is 1.11 bits per heavy atom. The third-order valence-corrected chi connectivity index (χ3v) is 5.05. The summed E-state index contributed by atoms with van der Waals surface area (Å²) < 4.78 is 13.0. The van der Waals surface area contributed by atoms with Crippen LogP contribution in [0.5, 0.6) is 0 Å². The standard InChI is InChI=1S/C21H20FN3O2/c22-16-8-5-14(6-9-16)13-25-20(26)12-11-19(24-25)21(27)23-18-10-7-15-3-1-2-4-17(15)18/h1-6,8-9,18H,7,10-13H2,(H,23,27). The molecule has 2 amide bonds. The van der Waals surface area contributed by atoms with Crippen molar-refractivity contribution in [3.63, 3.8) is 0 Å². The van der Waals surface area contributed by atoms with Crippen LogP contribution in [0.2, 0.25) is 0 Å². The van der Waals surface area contributed by atoms with Gasteiger partial charge in [-0.1, -0.05) is 36.4 Å². The molecular weight excluding hydrogens is 345 g/mol. The second-order valence-corrected chi connectivity index (χ2v) is 6.89. The predicted molar refractivity (Wildman–Crippen MR) is 99.3 cm³/mol. The highest BCUT2D eigenvalue weighted by atomic mass is 19.1. The molecule has 0 spiro atoms. The Labute approximate surface area is 156 Å². The molecular formula is C21H20FN3O2. The van der Waals surface area contributed by atoms with Crippen LogP contribution in [-0.4, -0.2) is 22.5 Å². The molecule has 2 aromatic rings. The average Bonchev–Trinajstić information content (AvgIpc) is 3.08. The Kier molecular flexibility index (Phi) is 4.71. The van der Waals surface area contributed by atoms with Crippen molar-refractivity contribution in [2.24, 2.45) is 5.10 Å². The summed E-state index contributed by atoms with van der Waals surface area (Å²) in [5, 5.41) is 8.63. The molecule has 1 aliphatic heterocycles. The van der Waals surface area contributed by atoms with Gasteiger partial charge >= 0.3 is 0 Å². The number of nitrogens with zero attached hydrogens (tertiary/aromatic N) is 2. The largest absolute Gasteiger partial charge is 0.344 e. The summed E-state index contributed by atoms with van der Waals surface area (Å²) in [7, 11) is 0. The number of hydrogen-bond donors (Lipinski definition) is 1. The Balaban J connectivity index is 1.46. The Hall–Kier alpha value is -3.02. The molecule has 1 N–H and O–H groups in total. The minimum Gasteiger partial charge on any atom is -0.344 e. The van der Waals surface area contributed by atoms with Gasteiger partial charge in [-0.25, -0.2) is 9.40 Å². The zero-order chi connectivity index (χ0) is 18.8. The lowest BCUT2D eigenvalue weighted by Gasteiger charge is -2.24. The van der Waals surface area contributed by atoms with E-state index in [-0.39, 0.29) is 36.6 Å². The smallest absolute Gasteiger partial charge is 0.267 e. The van der Waals surface area contributed by atoms with Crippen LogP contribution >= 0.6 is 0 Å². The summed E-state index contributed by atoms with van der Waals surface area (Å²) >= 11 is 0. The second-order valence-electron chi connectivity index (χ2n) is 6.89. The van der Waals surface area contributed by atoms with Gasteiger partial charge in [0.05, 0.1) is 12.6 Å². The van der Waals surface area contributed by atoms with Gasteiger partial charge in [0.25, 0.3) is 5.91 Å². The Morgan fingerprint density at radius 2 is 1.89 bits per heavy atom. The fraction of sp³-hybridized carbons (Fsp3) is 0.286. The van der Waals surface area contributed by atoms with Crippen LogP contribution in [0.1, 0.15) is 42.0 Å². The van der Waals surface area contributed by atoms with E-state index in [1.165, 1.54) is 22.7 Å².